The smallest absolute Gasteiger partial charge is 0.327 e. The molecule has 5 nitrogen and oxygen atoms in total. The van der Waals surface area contributed by atoms with E-state index in [2.05, 4.69) is 0 Å². The highest BCUT2D eigenvalue weighted by atomic mass is 32.2. The predicted octanol–water partition coefficient (Wildman–Crippen LogP) is 2.90. The fraction of sp³-hybridized carbons (Fsp3) is 0.278. The molecule has 2 aromatic carbocycles. The molecule has 0 radical (unpaired) electrons. The van der Waals surface area contributed by atoms with Crippen molar-refractivity contribution in [1.29, 1.82) is 0 Å². The summed E-state index contributed by atoms with van der Waals surface area (Å²) < 4.78 is 38.6. The summed E-state index contributed by atoms with van der Waals surface area (Å²) in [5.74, 6) is -1.80. The zero-order valence-corrected chi connectivity index (χ0v) is 15.0. The molecule has 134 valence electrons. The molecule has 1 atom stereocenters. The zero-order valence-electron chi connectivity index (χ0n) is 14.2. The van der Waals surface area contributed by atoms with Crippen LogP contribution in [0.25, 0.3) is 0 Å². The molecule has 2 rings (SSSR count). The number of carboxylic acid groups (broad SMARTS) is 1. The molecule has 0 aliphatic carbocycles. The third-order valence-electron chi connectivity index (χ3n) is 4.05. The highest BCUT2D eigenvalue weighted by molar-refractivity contribution is 7.92. The topological polar surface area (TPSA) is 74.7 Å². The predicted molar refractivity (Wildman–Crippen MR) is 94.8 cm³/mol. The maximum Gasteiger partial charge on any atom is 0.327 e. The van der Waals surface area contributed by atoms with Gasteiger partial charge >= 0.3 is 5.97 Å². The van der Waals surface area contributed by atoms with Crippen molar-refractivity contribution < 1.29 is 22.7 Å². The summed E-state index contributed by atoms with van der Waals surface area (Å²) in [6, 6.07) is 8.96. The number of nitrogens with zero attached hydrogens (tertiary/aromatic N) is 1. The van der Waals surface area contributed by atoms with Crippen LogP contribution < -0.4 is 4.31 Å². The van der Waals surface area contributed by atoms with E-state index in [1.807, 2.05) is 32.0 Å². The summed E-state index contributed by atoms with van der Waals surface area (Å²) in [5, 5.41) is 9.69. The molecule has 1 N–H and O–H groups in total. The first-order chi connectivity index (χ1) is 11.6. The van der Waals surface area contributed by atoms with Crippen LogP contribution >= 0.6 is 0 Å². The van der Waals surface area contributed by atoms with Crippen molar-refractivity contribution in [2.75, 3.05) is 10.6 Å². The molecule has 0 spiro atoms. The van der Waals surface area contributed by atoms with Crippen LogP contribution in [-0.4, -0.2) is 31.8 Å². The molecular formula is C18H20FNO4S. The van der Waals surface area contributed by atoms with Gasteiger partial charge in [0, 0.05) is 6.42 Å². The highest BCUT2D eigenvalue weighted by Gasteiger charge is 2.33. The number of rotatable bonds is 6. The first-order valence-corrected chi connectivity index (χ1v) is 9.49. The van der Waals surface area contributed by atoms with Crippen LogP contribution in [-0.2, 0) is 21.2 Å². The third-order valence-corrected chi connectivity index (χ3v) is 5.23. The number of sulfonamides is 1. The van der Waals surface area contributed by atoms with E-state index >= 15 is 0 Å². The van der Waals surface area contributed by atoms with Crippen LogP contribution in [0, 0.1) is 19.7 Å². The Morgan fingerprint density at radius 1 is 1.12 bits per heavy atom. The lowest BCUT2D eigenvalue weighted by atomic mass is 9.96. The van der Waals surface area contributed by atoms with Gasteiger partial charge in [-0.05, 0) is 54.8 Å². The average Bonchev–Trinajstić information content (AvgIpc) is 2.50. The molecule has 0 aliphatic rings. The summed E-state index contributed by atoms with van der Waals surface area (Å²) in [4.78, 5) is 11.9. The molecule has 7 heteroatoms. The molecule has 2 aromatic rings. The first kappa shape index (κ1) is 18.9. The number of carboxylic acids is 1. The quantitative estimate of drug-likeness (QED) is 0.854. The summed E-state index contributed by atoms with van der Waals surface area (Å²) in [7, 11) is -3.89. The van der Waals surface area contributed by atoms with Gasteiger partial charge in [0.15, 0.2) is 0 Å². The van der Waals surface area contributed by atoms with E-state index in [-0.39, 0.29) is 12.1 Å². The second-order valence-corrected chi connectivity index (χ2v) is 7.82. The van der Waals surface area contributed by atoms with E-state index in [1.165, 1.54) is 12.1 Å². The Morgan fingerprint density at radius 2 is 1.64 bits per heavy atom. The maximum atomic E-state index is 13.2. The van der Waals surface area contributed by atoms with Crippen LogP contribution in [0.4, 0.5) is 10.1 Å². The number of hydrogen-bond acceptors (Lipinski definition) is 3. The second-order valence-electron chi connectivity index (χ2n) is 5.96. The lowest BCUT2D eigenvalue weighted by Crippen LogP contribution is -2.46. The molecule has 0 amide bonds. The molecule has 0 aliphatic heterocycles. The van der Waals surface area contributed by atoms with Gasteiger partial charge in [-0.25, -0.2) is 17.6 Å². The maximum absolute atomic E-state index is 13.2. The molecule has 0 saturated carbocycles. The normalized spacial score (nSPS) is 12.6. The van der Waals surface area contributed by atoms with Crippen molar-refractivity contribution in [1.82, 2.24) is 0 Å². The lowest BCUT2D eigenvalue weighted by Gasteiger charge is -2.29. The minimum atomic E-state index is -3.89. The Kier molecular flexibility index (Phi) is 5.47. The number of aliphatic carboxylic acids is 1. The van der Waals surface area contributed by atoms with Gasteiger partial charge in [-0.15, -0.1) is 0 Å². The van der Waals surface area contributed by atoms with E-state index in [0.717, 1.165) is 39.4 Å². The molecule has 1 unspecified atom stereocenters. The standard InChI is InChI=1S/C18H20FNO4S/c1-12-5-4-6-13(2)16(12)11-17(18(21)22)20(25(3,23)24)15-9-7-14(19)8-10-15/h4-10,17H,11H2,1-3H3,(H,21,22). The average molecular weight is 365 g/mol. The summed E-state index contributed by atoms with van der Waals surface area (Å²) in [6.45, 7) is 3.70. The molecular weight excluding hydrogens is 345 g/mol. The van der Waals surface area contributed by atoms with Crippen molar-refractivity contribution >= 4 is 21.7 Å². The molecule has 0 saturated heterocycles. The minimum Gasteiger partial charge on any atom is -0.480 e. The number of anilines is 1. The summed E-state index contributed by atoms with van der Waals surface area (Å²) in [5.41, 5.74) is 2.67. The van der Waals surface area contributed by atoms with Crippen molar-refractivity contribution in [2.45, 2.75) is 26.3 Å². The van der Waals surface area contributed by atoms with Crippen molar-refractivity contribution in [3.8, 4) is 0 Å². The minimum absolute atomic E-state index is 0.0122. The van der Waals surface area contributed by atoms with Crippen LogP contribution in [0.3, 0.4) is 0 Å². The van der Waals surface area contributed by atoms with Gasteiger partial charge in [-0.3, -0.25) is 4.31 Å². The summed E-state index contributed by atoms with van der Waals surface area (Å²) in [6.07, 6.45) is 0.954. The number of hydrogen-bond donors (Lipinski definition) is 1. The van der Waals surface area contributed by atoms with Gasteiger partial charge in [0.1, 0.15) is 11.9 Å². The van der Waals surface area contributed by atoms with Gasteiger partial charge in [0.05, 0.1) is 11.9 Å². The van der Waals surface area contributed by atoms with E-state index in [4.69, 9.17) is 0 Å². The Morgan fingerprint density at radius 3 is 2.08 bits per heavy atom. The first-order valence-electron chi connectivity index (χ1n) is 7.64. The van der Waals surface area contributed by atoms with Gasteiger partial charge in [-0.2, -0.15) is 0 Å². The van der Waals surface area contributed by atoms with Gasteiger partial charge in [0.25, 0.3) is 0 Å². The number of benzene rings is 2. The summed E-state index contributed by atoms with van der Waals surface area (Å²) >= 11 is 0. The van der Waals surface area contributed by atoms with Crippen molar-refractivity contribution in [2.24, 2.45) is 0 Å². The largest absolute Gasteiger partial charge is 0.480 e. The van der Waals surface area contributed by atoms with Crippen molar-refractivity contribution in [3.63, 3.8) is 0 Å². The molecule has 0 aromatic heterocycles. The van der Waals surface area contributed by atoms with Gasteiger partial charge in [0.2, 0.25) is 10.0 Å². The van der Waals surface area contributed by atoms with E-state index in [0.29, 0.717) is 0 Å². The fourth-order valence-electron chi connectivity index (χ4n) is 2.83. The number of carbonyl (C=O) groups is 1. The fourth-order valence-corrected chi connectivity index (χ4v) is 3.96. The Balaban J connectivity index is 2.54. The van der Waals surface area contributed by atoms with Crippen LogP contribution in [0.5, 0.6) is 0 Å². The van der Waals surface area contributed by atoms with E-state index in [9.17, 15) is 22.7 Å². The number of halogens is 1. The molecule has 0 fully saturated rings. The Hall–Kier alpha value is -2.41. The van der Waals surface area contributed by atoms with Gasteiger partial charge < -0.3 is 5.11 Å². The third kappa shape index (κ3) is 4.36. The van der Waals surface area contributed by atoms with E-state index in [1.54, 1.807) is 0 Å². The van der Waals surface area contributed by atoms with Crippen LogP contribution in [0.15, 0.2) is 42.5 Å². The molecule has 0 heterocycles. The lowest BCUT2D eigenvalue weighted by molar-refractivity contribution is -0.138. The van der Waals surface area contributed by atoms with Gasteiger partial charge in [-0.1, -0.05) is 18.2 Å². The van der Waals surface area contributed by atoms with E-state index < -0.39 is 27.9 Å². The van der Waals surface area contributed by atoms with Crippen LogP contribution in [0.2, 0.25) is 0 Å². The monoisotopic (exact) mass is 365 g/mol. The van der Waals surface area contributed by atoms with Crippen molar-refractivity contribution in [3.05, 3.63) is 65.0 Å². The SMILES string of the molecule is Cc1cccc(C)c1CC(C(=O)O)N(c1ccc(F)cc1)S(C)(=O)=O. The van der Waals surface area contributed by atoms with Crippen LogP contribution in [0.1, 0.15) is 16.7 Å². The Bertz CT molecular complexity index is 858. The highest BCUT2D eigenvalue weighted by Crippen LogP contribution is 2.25. The molecule has 0 bridgehead atoms. The zero-order chi connectivity index (χ0) is 18.8. The molecule has 25 heavy (non-hydrogen) atoms. The Labute approximate surface area is 146 Å². The second kappa shape index (κ2) is 7.23. The number of aryl methyl sites for hydroxylation is 2.